The van der Waals surface area contributed by atoms with Gasteiger partial charge in [0.2, 0.25) is 5.91 Å². The Labute approximate surface area is 120 Å². The maximum Gasteiger partial charge on any atom is 0.244 e. The van der Waals surface area contributed by atoms with E-state index < -0.39 is 5.54 Å². The van der Waals surface area contributed by atoms with Crippen molar-refractivity contribution in [2.24, 2.45) is 0 Å². The van der Waals surface area contributed by atoms with E-state index in [0.29, 0.717) is 10.7 Å². The molecular formula is C13H16BrClN2O. The number of anilines is 1. The van der Waals surface area contributed by atoms with E-state index in [1.54, 1.807) is 6.07 Å². The Morgan fingerprint density at radius 3 is 2.94 bits per heavy atom. The van der Waals surface area contributed by atoms with Crippen molar-refractivity contribution in [3.05, 3.63) is 27.7 Å². The highest BCUT2D eigenvalue weighted by Gasteiger charge is 2.39. The molecule has 2 rings (SSSR count). The average molecular weight is 332 g/mol. The number of carbonyl (C=O) groups excluding carboxylic acids is 1. The lowest BCUT2D eigenvalue weighted by molar-refractivity contribution is -0.122. The van der Waals surface area contributed by atoms with E-state index in [1.165, 1.54) is 0 Å². The molecule has 0 aromatic heterocycles. The van der Waals surface area contributed by atoms with Crippen LogP contribution in [0.3, 0.4) is 0 Å². The fourth-order valence-electron chi connectivity index (χ4n) is 2.30. The molecule has 1 heterocycles. The van der Waals surface area contributed by atoms with Crippen molar-refractivity contribution in [3.63, 3.8) is 0 Å². The first kappa shape index (κ1) is 13.8. The highest BCUT2D eigenvalue weighted by molar-refractivity contribution is 9.10. The van der Waals surface area contributed by atoms with Crippen molar-refractivity contribution in [2.75, 3.05) is 11.9 Å². The molecule has 5 heteroatoms. The summed E-state index contributed by atoms with van der Waals surface area (Å²) in [7, 11) is 0. The van der Waals surface area contributed by atoms with Gasteiger partial charge in [0.25, 0.3) is 0 Å². The van der Waals surface area contributed by atoms with E-state index >= 15 is 0 Å². The number of benzene rings is 1. The van der Waals surface area contributed by atoms with Crippen molar-refractivity contribution in [1.29, 1.82) is 0 Å². The molecule has 1 aliphatic rings. The van der Waals surface area contributed by atoms with Gasteiger partial charge in [-0.3, -0.25) is 4.79 Å². The summed E-state index contributed by atoms with van der Waals surface area (Å²) in [5.74, 6) is 0.00622. The van der Waals surface area contributed by atoms with E-state index in [1.807, 2.05) is 19.1 Å². The largest absolute Gasteiger partial charge is 0.323 e. The summed E-state index contributed by atoms with van der Waals surface area (Å²) >= 11 is 9.45. The average Bonchev–Trinajstić information content (AvgIpc) is 2.82. The number of hydrogen-bond acceptors (Lipinski definition) is 2. The van der Waals surface area contributed by atoms with E-state index in [2.05, 4.69) is 26.6 Å². The number of hydrogen-bond donors (Lipinski definition) is 2. The molecule has 18 heavy (non-hydrogen) atoms. The van der Waals surface area contributed by atoms with Gasteiger partial charge in [0, 0.05) is 4.47 Å². The minimum absolute atomic E-state index is 0.00622. The second kappa shape index (κ2) is 5.59. The molecule has 0 spiro atoms. The Kier molecular flexibility index (Phi) is 4.30. The first-order valence-electron chi connectivity index (χ1n) is 6.09. The predicted octanol–water partition coefficient (Wildman–Crippen LogP) is 3.57. The van der Waals surface area contributed by atoms with Crippen LogP contribution in [-0.2, 0) is 4.79 Å². The summed E-state index contributed by atoms with van der Waals surface area (Å²) in [6.07, 6.45) is 2.70. The molecule has 0 aliphatic carbocycles. The lowest BCUT2D eigenvalue weighted by Crippen LogP contribution is -2.50. The summed E-state index contributed by atoms with van der Waals surface area (Å²) in [5, 5.41) is 6.77. The third-order valence-electron chi connectivity index (χ3n) is 3.46. The molecule has 3 nitrogen and oxygen atoms in total. The lowest BCUT2D eigenvalue weighted by atomic mass is 9.93. The minimum Gasteiger partial charge on any atom is -0.323 e. The van der Waals surface area contributed by atoms with Gasteiger partial charge in [0.1, 0.15) is 0 Å². The molecule has 0 saturated carbocycles. The molecule has 1 fully saturated rings. The van der Waals surface area contributed by atoms with Crippen LogP contribution in [0.5, 0.6) is 0 Å². The van der Waals surface area contributed by atoms with Crippen molar-refractivity contribution in [2.45, 2.75) is 31.7 Å². The molecule has 1 atom stereocenters. The van der Waals surface area contributed by atoms with Crippen LogP contribution in [0.4, 0.5) is 5.69 Å². The molecule has 1 amide bonds. The van der Waals surface area contributed by atoms with Crippen LogP contribution in [0.2, 0.25) is 5.02 Å². The summed E-state index contributed by atoms with van der Waals surface area (Å²) in [4.78, 5) is 12.4. The van der Waals surface area contributed by atoms with E-state index in [9.17, 15) is 4.79 Å². The molecule has 0 bridgehead atoms. The van der Waals surface area contributed by atoms with Gasteiger partial charge >= 0.3 is 0 Å². The maximum atomic E-state index is 12.4. The molecule has 2 N–H and O–H groups in total. The Balaban J connectivity index is 2.15. The zero-order valence-corrected chi connectivity index (χ0v) is 12.6. The second-order valence-electron chi connectivity index (χ2n) is 4.54. The fourth-order valence-corrected chi connectivity index (χ4v) is 3.02. The summed E-state index contributed by atoms with van der Waals surface area (Å²) in [6.45, 7) is 2.93. The summed E-state index contributed by atoms with van der Waals surface area (Å²) < 4.78 is 0.898. The highest BCUT2D eigenvalue weighted by atomic mass is 79.9. The van der Waals surface area contributed by atoms with Crippen molar-refractivity contribution in [3.8, 4) is 0 Å². The molecule has 98 valence electrons. The normalized spacial score (nSPS) is 23.1. The monoisotopic (exact) mass is 330 g/mol. The van der Waals surface area contributed by atoms with E-state index in [0.717, 1.165) is 30.3 Å². The smallest absolute Gasteiger partial charge is 0.244 e. The third-order valence-corrected chi connectivity index (χ3v) is 4.27. The molecule has 1 aliphatic heterocycles. The van der Waals surface area contributed by atoms with Gasteiger partial charge in [-0.05, 0) is 44.0 Å². The molecule has 0 radical (unpaired) electrons. The molecule has 1 saturated heterocycles. The number of rotatable bonds is 3. The van der Waals surface area contributed by atoms with E-state index in [-0.39, 0.29) is 5.91 Å². The van der Waals surface area contributed by atoms with Crippen LogP contribution in [0, 0.1) is 0 Å². The van der Waals surface area contributed by atoms with Gasteiger partial charge in [-0.25, -0.2) is 0 Å². The second-order valence-corrected chi connectivity index (χ2v) is 5.87. The van der Waals surface area contributed by atoms with Crippen LogP contribution < -0.4 is 10.6 Å². The SMILES string of the molecule is CCC1(C(=O)Nc2ccc(Br)cc2Cl)CCCN1. The van der Waals surface area contributed by atoms with Gasteiger partial charge in [0.15, 0.2) is 0 Å². The van der Waals surface area contributed by atoms with Gasteiger partial charge < -0.3 is 10.6 Å². The zero-order chi connectivity index (χ0) is 13.2. The Hall–Kier alpha value is -0.580. The van der Waals surface area contributed by atoms with Gasteiger partial charge in [-0.2, -0.15) is 0 Å². The van der Waals surface area contributed by atoms with Crippen LogP contribution in [-0.4, -0.2) is 18.0 Å². The van der Waals surface area contributed by atoms with Crippen LogP contribution in [0.25, 0.3) is 0 Å². The van der Waals surface area contributed by atoms with Crippen molar-refractivity contribution >= 4 is 39.1 Å². The fraction of sp³-hybridized carbons (Fsp3) is 0.462. The lowest BCUT2D eigenvalue weighted by Gasteiger charge is -2.26. The van der Waals surface area contributed by atoms with Gasteiger partial charge in [-0.15, -0.1) is 0 Å². The van der Waals surface area contributed by atoms with Crippen LogP contribution in [0.15, 0.2) is 22.7 Å². The predicted molar refractivity (Wildman–Crippen MR) is 78.0 cm³/mol. The standard InChI is InChI=1S/C13H16BrClN2O/c1-2-13(6-3-7-16-13)12(18)17-11-5-4-9(14)8-10(11)15/h4-5,8,16H,2-3,6-7H2,1H3,(H,17,18). The number of nitrogens with one attached hydrogen (secondary N) is 2. The number of halogens is 2. The van der Waals surface area contributed by atoms with E-state index in [4.69, 9.17) is 11.6 Å². The number of amides is 1. The highest BCUT2D eigenvalue weighted by Crippen LogP contribution is 2.29. The Bertz CT molecular complexity index is 458. The first-order valence-corrected chi connectivity index (χ1v) is 7.26. The molecular weight excluding hydrogens is 316 g/mol. The Morgan fingerprint density at radius 2 is 2.39 bits per heavy atom. The first-order chi connectivity index (χ1) is 8.57. The summed E-state index contributed by atoms with van der Waals surface area (Å²) in [5.41, 5.74) is 0.225. The molecule has 1 aromatic carbocycles. The van der Waals surface area contributed by atoms with Crippen molar-refractivity contribution in [1.82, 2.24) is 5.32 Å². The minimum atomic E-state index is -0.434. The number of carbonyl (C=O) groups is 1. The van der Waals surface area contributed by atoms with Crippen LogP contribution >= 0.6 is 27.5 Å². The summed E-state index contributed by atoms with van der Waals surface area (Å²) in [6, 6.07) is 5.45. The molecule has 1 aromatic rings. The topological polar surface area (TPSA) is 41.1 Å². The van der Waals surface area contributed by atoms with Gasteiger partial charge in [0.05, 0.1) is 16.2 Å². The van der Waals surface area contributed by atoms with Crippen LogP contribution in [0.1, 0.15) is 26.2 Å². The maximum absolute atomic E-state index is 12.4. The van der Waals surface area contributed by atoms with Crippen molar-refractivity contribution < 1.29 is 4.79 Å². The van der Waals surface area contributed by atoms with Gasteiger partial charge in [-0.1, -0.05) is 34.5 Å². The zero-order valence-electron chi connectivity index (χ0n) is 10.2. The quantitative estimate of drug-likeness (QED) is 0.889. The Morgan fingerprint density at radius 1 is 1.61 bits per heavy atom. The third kappa shape index (κ3) is 2.71. The molecule has 1 unspecified atom stereocenters.